The maximum atomic E-state index is 12.5. The zero-order valence-corrected chi connectivity index (χ0v) is 15.9. The highest BCUT2D eigenvalue weighted by atomic mass is 32.2. The van der Waals surface area contributed by atoms with Crippen LogP contribution in [0.2, 0.25) is 0 Å². The van der Waals surface area contributed by atoms with Crippen molar-refractivity contribution in [3.05, 3.63) is 59.7 Å². The van der Waals surface area contributed by atoms with Crippen molar-refractivity contribution in [2.75, 3.05) is 15.8 Å². The molecule has 27 heavy (non-hydrogen) atoms. The molecular weight excluding hydrogens is 368 g/mol. The van der Waals surface area contributed by atoms with Gasteiger partial charge in [0.2, 0.25) is 10.0 Å². The topological polar surface area (TPSA) is 113 Å². The maximum Gasteiger partial charge on any atom is 0.306 e. The number of anilines is 2. The second-order valence-electron chi connectivity index (χ2n) is 6.15. The Hall–Kier alpha value is -2.87. The highest BCUT2D eigenvalue weighted by Gasteiger charge is 2.16. The Labute approximate surface area is 158 Å². The molecule has 2 aromatic rings. The number of carbonyl (C=O) groups is 2. The van der Waals surface area contributed by atoms with Crippen molar-refractivity contribution < 1.29 is 23.1 Å². The third kappa shape index (κ3) is 5.82. The van der Waals surface area contributed by atoms with E-state index in [1.807, 2.05) is 0 Å². The van der Waals surface area contributed by atoms with Crippen LogP contribution >= 0.6 is 0 Å². The first-order valence-electron chi connectivity index (χ1n) is 8.44. The van der Waals surface area contributed by atoms with Gasteiger partial charge in [-0.05, 0) is 43.2 Å². The zero-order valence-electron chi connectivity index (χ0n) is 15.1. The van der Waals surface area contributed by atoms with Gasteiger partial charge in [0.25, 0.3) is 5.91 Å². The second-order valence-corrected chi connectivity index (χ2v) is 8.16. The molecule has 3 N–H and O–H groups in total. The van der Waals surface area contributed by atoms with Gasteiger partial charge < -0.3 is 10.4 Å². The summed E-state index contributed by atoms with van der Waals surface area (Å²) in [6.07, 6.45) is 0.394. The number of aliphatic carboxylic acids is 1. The molecule has 0 fully saturated rings. The summed E-state index contributed by atoms with van der Waals surface area (Å²) in [5, 5.41) is 11.7. The molecule has 1 amide bonds. The fraction of sp³-hybridized carbons (Fsp3) is 0.263. The van der Waals surface area contributed by atoms with E-state index in [4.69, 9.17) is 5.11 Å². The van der Waals surface area contributed by atoms with Crippen LogP contribution in [0.5, 0.6) is 0 Å². The number of rotatable bonds is 8. The Morgan fingerprint density at radius 2 is 1.70 bits per heavy atom. The Kier molecular flexibility index (Phi) is 6.57. The Morgan fingerprint density at radius 1 is 1.07 bits per heavy atom. The van der Waals surface area contributed by atoms with E-state index in [0.717, 1.165) is 5.56 Å². The second kappa shape index (κ2) is 8.68. The lowest BCUT2D eigenvalue weighted by Crippen LogP contribution is -2.19. The Bertz CT molecular complexity index is 923. The Morgan fingerprint density at radius 3 is 2.30 bits per heavy atom. The van der Waals surface area contributed by atoms with E-state index in [-0.39, 0.29) is 17.0 Å². The molecule has 1 atom stereocenters. The standard InChI is InChI=1S/C19H22N2O5S/c1-3-27(25,26)21-17-7-5-4-6-16(17)18(22)20-15-10-8-14(9-11-15)12-13(2)19(23)24/h4-11,13,21H,3,12H2,1-2H3,(H,20,22)(H,23,24). The largest absolute Gasteiger partial charge is 0.481 e. The third-order valence-electron chi connectivity index (χ3n) is 3.99. The van der Waals surface area contributed by atoms with Gasteiger partial charge in [-0.3, -0.25) is 14.3 Å². The normalized spacial score (nSPS) is 12.2. The fourth-order valence-corrected chi connectivity index (χ4v) is 3.03. The number of carboxylic acids is 1. The van der Waals surface area contributed by atoms with Gasteiger partial charge in [-0.2, -0.15) is 0 Å². The molecule has 0 aromatic heterocycles. The Balaban J connectivity index is 2.13. The predicted molar refractivity (Wildman–Crippen MR) is 104 cm³/mol. The monoisotopic (exact) mass is 390 g/mol. The predicted octanol–water partition coefficient (Wildman–Crippen LogP) is 2.96. The number of benzene rings is 2. The van der Waals surface area contributed by atoms with E-state index >= 15 is 0 Å². The minimum Gasteiger partial charge on any atom is -0.481 e. The van der Waals surface area contributed by atoms with Crippen molar-refractivity contribution in [2.24, 2.45) is 5.92 Å². The lowest BCUT2D eigenvalue weighted by molar-refractivity contribution is -0.141. The van der Waals surface area contributed by atoms with Crippen molar-refractivity contribution in [3.63, 3.8) is 0 Å². The maximum absolute atomic E-state index is 12.5. The molecular formula is C19H22N2O5S. The third-order valence-corrected chi connectivity index (χ3v) is 5.28. The van der Waals surface area contributed by atoms with E-state index in [1.165, 1.54) is 19.1 Å². The van der Waals surface area contributed by atoms with Gasteiger partial charge >= 0.3 is 5.97 Å². The van der Waals surface area contributed by atoms with Crippen LogP contribution in [0.1, 0.15) is 29.8 Å². The summed E-state index contributed by atoms with van der Waals surface area (Å²) in [5.41, 5.74) is 1.79. The van der Waals surface area contributed by atoms with E-state index in [0.29, 0.717) is 12.1 Å². The first kappa shape index (κ1) is 20.4. The summed E-state index contributed by atoms with van der Waals surface area (Å²) < 4.78 is 26.0. The van der Waals surface area contributed by atoms with Crippen LogP contribution in [0.3, 0.4) is 0 Å². The minimum absolute atomic E-state index is 0.0980. The number of hydrogen-bond acceptors (Lipinski definition) is 4. The van der Waals surface area contributed by atoms with Gasteiger partial charge in [-0.1, -0.05) is 31.2 Å². The number of amides is 1. The first-order chi connectivity index (χ1) is 12.7. The van der Waals surface area contributed by atoms with Crippen LogP contribution in [-0.2, 0) is 21.2 Å². The highest BCUT2D eigenvalue weighted by molar-refractivity contribution is 7.92. The van der Waals surface area contributed by atoms with Gasteiger partial charge in [0.05, 0.1) is 22.9 Å². The van der Waals surface area contributed by atoms with Gasteiger partial charge in [0.15, 0.2) is 0 Å². The van der Waals surface area contributed by atoms with Crippen LogP contribution in [-0.4, -0.2) is 31.2 Å². The lowest BCUT2D eigenvalue weighted by Gasteiger charge is -2.12. The van der Waals surface area contributed by atoms with Crippen molar-refractivity contribution >= 4 is 33.3 Å². The van der Waals surface area contributed by atoms with E-state index in [2.05, 4.69) is 10.0 Å². The van der Waals surface area contributed by atoms with Crippen molar-refractivity contribution in [2.45, 2.75) is 20.3 Å². The minimum atomic E-state index is -3.50. The SMILES string of the molecule is CCS(=O)(=O)Nc1ccccc1C(=O)Nc1ccc(CC(C)C(=O)O)cc1. The summed E-state index contributed by atoms with van der Waals surface area (Å²) >= 11 is 0. The molecule has 0 bridgehead atoms. The molecule has 2 rings (SSSR count). The molecule has 0 heterocycles. The lowest BCUT2D eigenvalue weighted by atomic mass is 10.0. The quantitative estimate of drug-likeness (QED) is 0.641. The fourth-order valence-electron chi connectivity index (χ4n) is 2.37. The molecule has 0 saturated heterocycles. The molecule has 0 aliphatic carbocycles. The van der Waals surface area contributed by atoms with Crippen molar-refractivity contribution in [3.8, 4) is 0 Å². The van der Waals surface area contributed by atoms with Gasteiger partial charge in [0.1, 0.15) is 0 Å². The van der Waals surface area contributed by atoms with Crippen molar-refractivity contribution in [1.82, 2.24) is 0 Å². The van der Waals surface area contributed by atoms with E-state index in [9.17, 15) is 18.0 Å². The van der Waals surface area contributed by atoms with Gasteiger partial charge in [-0.15, -0.1) is 0 Å². The number of sulfonamides is 1. The molecule has 1 unspecified atom stereocenters. The van der Waals surface area contributed by atoms with Gasteiger partial charge in [-0.25, -0.2) is 8.42 Å². The average molecular weight is 390 g/mol. The summed E-state index contributed by atoms with van der Waals surface area (Å²) in [7, 11) is -3.50. The molecule has 0 aliphatic rings. The van der Waals surface area contributed by atoms with Crippen LogP contribution in [0.4, 0.5) is 11.4 Å². The number of hydrogen-bond donors (Lipinski definition) is 3. The molecule has 0 saturated carbocycles. The number of carbonyl (C=O) groups excluding carboxylic acids is 1. The van der Waals surface area contributed by atoms with Crippen LogP contribution < -0.4 is 10.0 Å². The molecule has 144 valence electrons. The molecule has 7 nitrogen and oxygen atoms in total. The first-order valence-corrected chi connectivity index (χ1v) is 10.1. The number of carboxylic acid groups (broad SMARTS) is 1. The summed E-state index contributed by atoms with van der Waals surface area (Å²) in [6.45, 7) is 3.14. The van der Waals surface area contributed by atoms with Gasteiger partial charge in [0, 0.05) is 5.69 Å². The summed E-state index contributed by atoms with van der Waals surface area (Å²) in [6, 6.07) is 13.2. The molecule has 0 aliphatic heterocycles. The summed E-state index contributed by atoms with van der Waals surface area (Å²) in [5.74, 6) is -1.90. The van der Waals surface area contributed by atoms with Crippen LogP contribution in [0, 0.1) is 5.92 Å². The molecule has 2 aromatic carbocycles. The van der Waals surface area contributed by atoms with Crippen molar-refractivity contribution in [1.29, 1.82) is 0 Å². The molecule has 0 radical (unpaired) electrons. The van der Waals surface area contributed by atoms with E-state index < -0.39 is 27.8 Å². The van der Waals surface area contributed by atoms with Crippen LogP contribution in [0.15, 0.2) is 48.5 Å². The smallest absolute Gasteiger partial charge is 0.306 e. The van der Waals surface area contributed by atoms with Crippen LogP contribution in [0.25, 0.3) is 0 Å². The zero-order chi connectivity index (χ0) is 20.0. The average Bonchev–Trinajstić information content (AvgIpc) is 2.63. The number of nitrogens with one attached hydrogen (secondary N) is 2. The molecule has 0 spiro atoms. The highest BCUT2D eigenvalue weighted by Crippen LogP contribution is 2.19. The summed E-state index contributed by atoms with van der Waals surface area (Å²) in [4.78, 5) is 23.5. The number of para-hydroxylation sites is 1. The molecule has 8 heteroatoms. The van der Waals surface area contributed by atoms with E-state index in [1.54, 1.807) is 43.3 Å².